The maximum Gasteiger partial charge on any atom is 0.323 e. The van der Waals surface area contributed by atoms with Gasteiger partial charge in [0, 0.05) is 19.6 Å². The molecule has 1 atom stereocenters. The molecule has 3 N–H and O–H groups in total. The second-order valence-electron chi connectivity index (χ2n) is 4.89. The second kappa shape index (κ2) is 7.05. The molecule has 1 amide bonds. The molecule has 2 heterocycles. The zero-order valence-electron chi connectivity index (χ0n) is 12.5. The predicted octanol–water partition coefficient (Wildman–Crippen LogP) is 0.404. The molecule has 0 bridgehead atoms. The van der Waals surface area contributed by atoms with Crippen molar-refractivity contribution in [3.8, 4) is 6.01 Å². The van der Waals surface area contributed by atoms with Crippen LogP contribution in [-0.4, -0.2) is 47.1 Å². The minimum Gasteiger partial charge on any atom is -0.464 e. The van der Waals surface area contributed by atoms with Crippen molar-refractivity contribution in [3.63, 3.8) is 0 Å². The molecule has 8 heteroatoms. The summed E-state index contributed by atoms with van der Waals surface area (Å²) in [5.41, 5.74) is 5.41. The number of primary amides is 1. The van der Waals surface area contributed by atoms with Crippen LogP contribution in [0, 0.1) is 5.92 Å². The fourth-order valence-electron chi connectivity index (χ4n) is 2.31. The molecule has 1 aromatic heterocycles. The van der Waals surface area contributed by atoms with Crippen LogP contribution in [0.4, 0.5) is 11.9 Å². The molecule has 116 valence electrons. The van der Waals surface area contributed by atoms with Crippen LogP contribution in [0.5, 0.6) is 6.01 Å². The van der Waals surface area contributed by atoms with E-state index in [2.05, 4.69) is 20.3 Å². The number of nitrogens with two attached hydrogens (primary N) is 1. The summed E-state index contributed by atoms with van der Waals surface area (Å²) >= 11 is 0. The van der Waals surface area contributed by atoms with Gasteiger partial charge in [-0.25, -0.2) is 0 Å². The van der Waals surface area contributed by atoms with Gasteiger partial charge in [0.2, 0.25) is 17.8 Å². The van der Waals surface area contributed by atoms with Crippen LogP contribution in [0.15, 0.2) is 0 Å². The van der Waals surface area contributed by atoms with Crippen LogP contribution in [0.3, 0.4) is 0 Å². The van der Waals surface area contributed by atoms with Crippen LogP contribution >= 0.6 is 0 Å². The largest absolute Gasteiger partial charge is 0.464 e. The highest BCUT2D eigenvalue weighted by Crippen LogP contribution is 2.22. The quantitative estimate of drug-likeness (QED) is 0.782. The van der Waals surface area contributed by atoms with Gasteiger partial charge in [-0.3, -0.25) is 4.79 Å². The van der Waals surface area contributed by atoms with Crippen LogP contribution in [-0.2, 0) is 4.79 Å². The van der Waals surface area contributed by atoms with Crippen molar-refractivity contribution >= 4 is 17.8 Å². The maximum atomic E-state index is 11.4. The van der Waals surface area contributed by atoms with Crippen LogP contribution in [0.1, 0.15) is 26.7 Å². The highest BCUT2D eigenvalue weighted by molar-refractivity contribution is 5.77. The summed E-state index contributed by atoms with van der Waals surface area (Å²) in [5, 5.41) is 3.06. The van der Waals surface area contributed by atoms with Crippen molar-refractivity contribution in [2.45, 2.75) is 26.7 Å². The number of nitrogens with zero attached hydrogens (tertiary/aromatic N) is 4. The van der Waals surface area contributed by atoms with Crippen molar-refractivity contribution < 1.29 is 9.53 Å². The summed E-state index contributed by atoms with van der Waals surface area (Å²) in [7, 11) is 0. The van der Waals surface area contributed by atoms with Gasteiger partial charge in [-0.05, 0) is 26.7 Å². The highest BCUT2D eigenvalue weighted by Gasteiger charge is 2.26. The number of anilines is 2. The number of carbonyl (C=O) groups excluding carboxylic acids is 1. The second-order valence-corrected chi connectivity index (χ2v) is 4.89. The number of aromatic nitrogens is 3. The number of ether oxygens (including phenoxy) is 1. The van der Waals surface area contributed by atoms with Crippen molar-refractivity contribution in [2.75, 3.05) is 36.5 Å². The predicted molar refractivity (Wildman–Crippen MR) is 79.3 cm³/mol. The Kier molecular flexibility index (Phi) is 5.13. The third kappa shape index (κ3) is 3.93. The van der Waals surface area contributed by atoms with E-state index in [-0.39, 0.29) is 11.8 Å². The van der Waals surface area contributed by atoms with Gasteiger partial charge in [-0.1, -0.05) is 0 Å². The maximum absolute atomic E-state index is 11.4. The average Bonchev–Trinajstić information content (AvgIpc) is 2.48. The first-order valence-corrected chi connectivity index (χ1v) is 7.31. The fourth-order valence-corrected chi connectivity index (χ4v) is 2.31. The lowest BCUT2D eigenvalue weighted by atomic mass is 9.98. The van der Waals surface area contributed by atoms with Gasteiger partial charge < -0.3 is 20.7 Å². The van der Waals surface area contributed by atoms with Gasteiger partial charge in [0.15, 0.2) is 0 Å². The Bertz CT molecular complexity index is 471. The summed E-state index contributed by atoms with van der Waals surface area (Å²) in [6, 6.07) is 0.291. The van der Waals surface area contributed by atoms with E-state index in [1.165, 1.54) is 0 Å². The Balaban J connectivity index is 2.22. The summed E-state index contributed by atoms with van der Waals surface area (Å²) < 4.78 is 5.38. The highest BCUT2D eigenvalue weighted by atomic mass is 16.5. The molecule has 1 unspecified atom stereocenters. The fraction of sp³-hybridized carbons (Fsp3) is 0.692. The molecule has 1 aromatic rings. The molecule has 8 nitrogen and oxygen atoms in total. The number of nitrogens with one attached hydrogen (secondary N) is 1. The first-order valence-electron chi connectivity index (χ1n) is 7.31. The van der Waals surface area contributed by atoms with Crippen LogP contribution in [0.2, 0.25) is 0 Å². The molecule has 21 heavy (non-hydrogen) atoms. The lowest BCUT2D eigenvalue weighted by molar-refractivity contribution is -0.122. The minimum absolute atomic E-state index is 0.159. The Morgan fingerprint density at radius 2 is 2.24 bits per heavy atom. The molecule has 1 saturated heterocycles. The number of piperidine rings is 1. The zero-order chi connectivity index (χ0) is 15.2. The normalized spacial score (nSPS) is 18.4. The first kappa shape index (κ1) is 15.3. The summed E-state index contributed by atoms with van der Waals surface area (Å²) in [6.07, 6.45) is 1.70. The molecular weight excluding hydrogens is 272 g/mol. The lowest BCUT2D eigenvalue weighted by Gasteiger charge is -2.31. The van der Waals surface area contributed by atoms with E-state index in [1.807, 2.05) is 18.7 Å². The zero-order valence-corrected chi connectivity index (χ0v) is 12.5. The Morgan fingerprint density at radius 1 is 1.43 bits per heavy atom. The SMILES string of the molecule is CCNc1nc(OCC)nc(N2CCCC(C(N)=O)C2)n1. The first-order chi connectivity index (χ1) is 10.1. The van der Waals surface area contributed by atoms with E-state index >= 15 is 0 Å². The van der Waals surface area contributed by atoms with Gasteiger partial charge in [-0.2, -0.15) is 15.0 Å². The van der Waals surface area contributed by atoms with Gasteiger partial charge >= 0.3 is 6.01 Å². The number of amides is 1. The number of rotatable bonds is 6. The molecule has 1 aliphatic rings. The van der Waals surface area contributed by atoms with Crippen molar-refractivity contribution in [3.05, 3.63) is 0 Å². The molecule has 1 aliphatic heterocycles. The van der Waals surface area contributed by atoms with E-state index in [1.54, 1.807) is 0 Å². The average molecular weight is 294 g/mol. The monoisotopic (exact) mass is 294 g/mol. The molecule has 0 aromatic carbocycles. The molecule has 2 rings (SSSR count). The van der Waals surface area contributed by atoms with Crippen molar-refractivity contribution in [1.82, 2.24) is 15.0 Å². The number of carbonyl (C=O) groups is 1. The van der Waals surface area contributed by atoms with E-state index in [0.29, 0.717) is 37.6 Å². The third-order valence-corrected chi connectivity index (χ3v) is 3.32. The Hall–Kier alpha value is -2.12. The molecule has 1 fully saturated rings. The standard InChI is InChI=1S/C13H22N6O2/c1-3-15-11-16-12(18-13(17-11)21-4-2)19-7-5-6-9(8-19)10(14)20/h9H,3-8H2,1-2H3,(H2,14,20)(H,15,16,17,18). The molecular formula is C13H22N6O2. The lowest BCUT2D eigenvalue weighted by Crippen LogP contribution is -2.42. The van der Waals surface area contributed by atoms with Crippen molar-refractivity contribution in [2.24, 2.45) is 11.7 Å². The smallest absolute Gasteiger partial charge is 0.323 e. The van der Waals surface area contributed by atoms with E-state index < -0.39 is 0 Å². The van der Waals surface area contributed by atoms with E-state index in [9.17, 15) is 4.79 Å². The summed E-state index contributed by atoms with van der Waals surface area (Å²) in [6.45, 7) is 6.37. The molecule has 0 aliphatic carbocycles. The molecule has 0 radical (unpaired) electrons. The van der Waals surface area contributed by atoms with E-state index in [4.69, 9.17) is 10.5 Å². The summed E-state index contributed by atoms with van der Waals surface area (Å²) in [5.74, 6) is 0.571. The number of hydrogen-bond donors (Lipinski definition) is 2. The topological polar surface area (TPSA) is 106 Å². The third-order valence-electron chi connectivity index (χ3n) is 3.32. The van der Waals surface area contributed by atoms with Gasteiger partial charge in [0.05, 0.1) is 12.5 Å². The molecule has 0 saturated carbocycles. The van der Waals surface area contributed by atoms with E-state index in [0.717, 1.165) is 19.4 Å². The minimum atomic E-state index is -0.273. The van der Waals surface area contributed by atoms with Crippen LogP contribution in [0.25, 0.3) is 0 Å². The van der Waals surface area contributed by atoms with Gasteiger partial charge in [0.1, 0.15) is 0 Å². The molecule has 0 spiro atoms. The number of hydrogen-bond acceptors (Lipinski definition) is 7. The Morgan fingerprint density at radius 3 is 2.90 bits per heavy atom. The van der Waals surface area contributed by atoms with Crippen molar-refractivity contribution in [1.29, 1.82) is 0 Å². The van der Waals surface area contributed by atoms with Gasteiger partial charge in [-0.15, -0.1) is 0 Å². The summed E-state index contributed by atoms with van der Waals surface area (Å²) in [4.78, 5) is 26.2. The Labute approximate surface area is 124 Å². The van der Waals surface area contributed by atoms with Crippen LogP contribution < -0.4 is 20.7 Å². The van der Waals surface area contributed by atoms with Gasteiger partial charge in [0.25, 0.3) is 0 Å².